The number of hydrogen-bond acceptors (Lipinski definition) is 7. The van der Waals surface area contributed by atoms with Crippen molar-refractivity contribution in [3.8, 4) is 28.2 Å². The quantitative estimate of drug-likeness (QED) is 0.158. The molecule has 0 radical (unpaired) electrons. The normalized spacial score (nSPS) is 16.6. The standard InChI is InChI=1S/C30H25N3O5/c1-35-19-33-16-23(26-14-31-27(38-26)15-32-36-2)28-21(10-7-13-25(28)33)22-11-6-12-24-29(22)37-18-30(24,17-34)20-8-4-3-5-9-20/h3-17H,18-19H2,1-2H3/b32-15+/t30-/m1/s1. The molecule has 0 saturated heterocycles. The summed E-state index contributed by atoms with van der Waals surface area (Å²) >= 11 is 0. The van der Waals surface area contributed by atoms with E-state index in [1.807, 2.05) is 71.4 Å². The average molecular weight is 508 g/mol. The largest absolute Gasteiger partial charge is 0.491 e. The van der Waals surface area contributed by atoms with Crippen molar-refractivity contribution >= 4 is 23.4 Å². The van der Waals surface area contributed by atoms with Crippen molar-refractivity contribution in [3.05, 3.63) is 96.1 Å². The summed E-state index contributed by atoms with van der Waals surface area (Å²) in [4.78, 5) is 21.7. The zero-order valence-electron chi connectivity index (χ0n) is 21.0. The number of aldehydes is 1. The fourth-order valence-electron chi connectivity index (χ4n) is 5.24. The second-order valence-electron chi connectivity index (χ2n) is 9.04. The van der Waals surface area contributed by atoms with Crippen LogP contribution in [0.25, 0.3) is 33.4 Å². The number of oxime groups is 1. The number of hydrogen-bond donors (Lipinski definition) is 0. The maximum absolute atomic E-state index is 12.6. The molecule has 5 aromatic rings. The Bertz CT molecular complexity index is 1650. The van der Waals surface area contributed by atoms with Crippen molar-refractivity contribution in [3.63, 3.8) is 0 Å². The Kier molecular flexibility index (Phi) is 6.01. The Morgan fingerprint density at radius 3 is 2.63 bits per heavy atom. The molecule has 38 heavy (non-hydrogen) atoms. The average Bonchev–Trinajstić information content (AvgIpc) is 3.68. The maximum Gasteiger partial charge on any atom is 0.241 e. The molecule has 0 fully saturated rings. The third-order valence-electron chi connectivity index (χ3n) is 6.95. The van der Waals surface area contributed by atoms with Crippen LogP contribution in [0.5, 0.6) is 5.75 Å². The molecule has 0 spiro atoms. The van der Waals surface area contributed by atoms with Crippen molar-refractivity contribution in [2.45, 2.75) is 12.1 Å². The molecule has 1 aliphatic heterocycles. The van der Waals surface area contributed by atoms with Crippen molar-refractivity contribution in [1.29, 1.82) is 0 Å². The smallest absolute Gasteiger partial charge is 0.241 e. The van der Waals surface area contributed by atoms with E-state index in [-0.39, 0.29) is 6.61 Å². The molecule has 0 bridgehead atoms. The van der Waals surface area contributed by atoms with Gasteiger partial charge in [0, 0.05) is 35.4 Å². The van der Waals surface area contributed by atoms with Crippen LogP contribution in [0, 0.1) is 0 Å². The second-order valence-corrected chi connectivity index (χ2v) is 9.04. The lowest BCUT2D eigenvalue weighted by Crippen LogP contribution is -2.31. The van der Waals surface area contributed by atoms with E-state index in [0.29, 0.717) is 24.1 Å². The molecule has 190 valence electrons. The Morgan fingerprint density at radius 2 is 1.84 bits per heavy atom. The molecule has 2 aromatic heterocycles. The van der Waals surface area contributed by atoms with Crippen molar-refractivity contribution in [2.75, 3.05) is 20.8 Å². The highest BCUT2D eigenvalue weighted by atomic mass is 16.6. The van der Waals surface area contributed by atoms with E-state index in [2.05, 4.69) is 16.2 Å². The predicted octanol–water partition coefficient (Wildman–Crippen LogP) is 5.42. The number of oxazole rings is 1. The molecule has 8 nitrogen and oxygen atoms in total. The highest BCUT2D eigenvalue weighted by Crippen LogP contribution is 2.49. The van der Waals surface area contributed by atoms with Crippen LogP contribution in [0.15, 0.2) is 88.7 Å². The lowest BCUT2D eigenvalue weighted by Gasteiger charge is -2.21. The van der Waals surface area contributed by atoms with Gasteiger partial charge in [0.1, 0.15) is 44.1 Å². The number of methoxy groups -OCH3 is 1. The summed E-state index contributed by atoms with van der Waals surface area (Å²) < 4.78 is 19.8. The molecule has 8 heteroatoms. The lowest BCUT2D eigenvalue weighted by atomic mass is 9.76. The van der Waals surface area contributed by atoms with Crippen LogP contribution in [0.4, 0.5) is 0 Å². The van der Waals surface area contributed by atoms with E-state index in [0.717, 1.165) is 45.0 Å². The molecule has 0 unspecified atom stereocenters. The summed E-state index contributed by atoms with van der Waals surface area (Å²) in [5, 5.41) is 4.70. The van der Waals surface area contributed by atoms with Crippen molar-refractivity contribution in [2.24, 2.45) is 5.16 Å². The monoisotopic (exact) mass is 507 g/mol. The van der Waals surface area contributed by atoms with Gasteiger partial charge in [0.15, 0.2) is 5.76 Å². The number of carbonyl (C=O) groups is 1. The number of para-hydroxylation sites is 1. The second kappa shape index (κ2) is 9.64. The number of aromatic nitrogens is 2. The third-order valence-corrected chi connectivity index (χ3v) is 6.95. The first-order chi connectivity index (χ1) is 18.7. The summed E-state index contributed by atoms with van der Waals surface area (Å²) in [5.41, 5.74) is 4.53. The zero-order valence-corrected chi connectivity index (χ0v) is 21.0. The number of fused-ring (bicyclic) bond motifs is 2. The Morgan fingerprint density at radius 1 is 1.03 bits per heavy atom. The first-order valence-corrected chi connectivity index (χ1v) is 12.1. The molecule has 1 atom stereocenters. The van der Waals surface area contributed by atoms with Gasteiger partial charge in [-0.1, -0.05) is 65.8 Å². The molecule has 6 rings (SSSR count). The van der Waals surface area contributed by atoms with E-state index in [4.69, 9.17) is 18.7 Å². The van der Waals surface area contributed by atoms with E-state index in [1.54, 1.807) is 13.3 Å². The van der Waals surface area contributed by atoms with Gasteiger partial charge in [-0.15, -0.1) is 0 Å². The Balaban J connectivity index is 1.57. The fourth-order valence-corrected chi connectivity index (χ4v) is 5.24. The molecule has 3 heterocycles. The van der Waals surface area contributed by atoms with Gasteiger partial charge >= 0.3 is 0 Å². The minimum absolute atomic E-state index is 0.241. The SMILES string of the molecule is COCn1cc(-c2cnc(/C=N/OC)o2)c2c(-c3cccc4c3OC[C@]4(C=O)c3ccccc3)cccc21. The molecular formula is C30H25N3O5. The van der Waals surface area contributed by atoms with Crippen molar-refractivity contribution in [1.82, 2.24) is 9.55 Å². The van der Waals surface area contributed by atoms with Crippen LogP contribution in [0.3, 0.4) is 0 Å². The number of rotatable bonds is 8. The molecule has 1 aliphatic rings. The minimum Gasteiger partial charge on any atom is -0.491 e. The van der Waals surface area contributed by atoms with E-state index >= 15 is 0 Å². The Labute approximate surface area is 219 Å². The topological polar surface area (TPSA) is 88.1 Å². The number of benzene rings is 3. The summed E-state index contributed by atoms with van der Waals surface area (Å²) in [6, 6.07) is 21.8. The van der Waals surface area contributed by atoms with Gasteiger partial charge in [0.05, 0.1) is 11.7 Å². The van der Waals surface area contributed by atoms with Crippen molar-refractivity contribution < 1.29 is 23.5 Å². The van der Waals surface area contributed by atoms with E-state index in [9.17, 15) is 4.79 Å². The molecule has 3 aromatic carbocycles. The van der Waals surface area contributed by atoms with Crippen LogP contribution in [-0.4, -0.2) is 42.9 Å². The van der Waals surface area contributed by atoms with Crippen LogP contribution >= 0.6 is 0 Å². The third kappa shape index (κ3) is 3.69. The molecule has 0 aliphatic carbocycles. The predicted molar refractivity (Wildman–Crippen MR) is 143 cm³/mol. The maximum atomic E-state index is 12.6. The van der Waals surface area contributed by atoms with Gasteiger partial charge in [0.2, 0.25) is 5.89 Å². The molecule has 0 saturated carbocycles. The number of carbonyl (C=O) groups excluding carboxylic acids is 1. The van der Waals surface area contributed by atoms with Crippen LogP contribution in [0.1, 0.15) is 17.0 Å². The Hall–Kier alpha value is -4.69. The van der Waals surface area contributed by atoms with Gasteiger partial charge in [0.25, 0.3) is 0 Å². The van der Waals surface area contributed by atoms with Crippen LogP contribution in [-0.2, 0) is 26.5 Å². The fraction of sp³-hybridized carbons (Fsp3) is 0.167. The van der Waals surface area contributed by atoms with Gasteiger partial charge in [-0.25, -0.2) is 4.98 Å². The molecule has 0 N–H and O–H groups in total. The summed E-state index contributed by atoms with van der Waals surface area (Å²) in [6.45, 7) is 0.600. The van der Waals surface area contributed by atoms with Crippen LogP contribution < -0.4 is 4.74 Å². The molecular weight excluding hydrogens is 482 g/mol. The molecule has 0 amide bonds. The first kappa shape index (κ1) is 23.7. The summed E-state index contributed by atoms with van der Waals surface area (Å²) in [7, 11) is 3.12. The van der Waals surface area contributed by atoms with Gasteiger partial charge < -0.3 is 28.1 Å². The summed E-state index contributed by atoms with van der Waals surface area (Å²) in [5.74, 6) is 1.61. The minimum atomic E-state index is -0.869. The lowest BCUT2D eigenvalue weighted by molar-refractivity contribution is -0.111. The van der Waals surface area contributed by atoms with Gasteiger partial charge in [-0.05, 0) is 17.2 Å². The van der Waals surface area contributed by atoms with E-state index in [1.165, 1.54) is 13.3 Å². The first-order valence-electron chi connectivity index (χ1n) is 12.1. The van der Waals surface area contributed by atoms with Gasteiger partial charge in [-0.3, -0.25) is 0 Å². The van der Waals surface area contributed by atoms with Gasteiger partial charge in [-0.2, -0.15) is 0 Å². The van der Waals surface area contributed by atoms with E-state index < -0.39 is 5.41 Å². The zero-order chi connectivity index (χ0) is 26.1. The highest BCUT2D eigenvalue weighted by molar-refractivity contribution is 6.06. The number of ether oxygens (including phenoxy) is 2. The highest BCUT2D eigenvalue weighted by Gasteiger charge is 2.43. The number of nitrogens with zero attached hydrogens (tertiary/aromatic N) is 3. The summed E-state index contributed by atoms with van der Waals surface area (Å²) in [6.07, 6.45) is 6.06. The van der Waals surface area contributed by atoms with Crippen LogP contribution in [0.2, 0.25) is 0 Å².